The first-order valence-corrected chi connectivity index (χ1v) is 10.0. The van der Waals surface area contributed by atoms with Crippen LogP contribution in [-0.2, 0) is 11.3 Å². The van der Waals surface area contributed by atoms with E-state index < -0.39 is 0 Å². The Morgan fingerprint density at radius 1 is 1.23 bits per heavy atom. The summed E-state index contributed by atoms with van der Waals surface area (Å²) in [5.41, 5.74) is 0.889. The fourth-order valence-corrected chi connectivity index (χ4v) is 3.11. The van der Waals surface area contributed by atoms with Gasteiger partial charge in [-0.25, -0.2) is 9.98 Å². The van der Waals surface area contributed by atoms with Crippen LogP contribution in [0.2, 0.25) is 0 Å². The molecule has 7 nitrogen and oxygen atoms in total. The molecule has 8 heteroatoms. The first kappa shape index (κ1) is 24.2. The molecule has 0 spiro atoms. The summed E-state index contributed by atoms with van der Waals surface area (Å²) in [6, 6.07) is 11.3. The van der Waals surface area contributed by atoms with E-state index in [0.717, 1.165) is 49.8 Å². The van der Waals surface area contributed by atoms with Gasteiger partial charge in [-0.1, -0.05) is 12.1 Å². The number of hydrogen-bond donors (Lipinski definition) is 2. The molecule has 1 saturated heterocycles. The molecule has 30 heavy (non-hydrogen) atoms. The molecule has 1 unspecified atom stereocenters. The number of pyridine rings is 1. The van der Waals surface area contributed by atoms with Gasteiger partial charge in [0.2, 0.25) is 5.88 Å². The Labute approximate surface area is 195 Å². The van der Waals surface area contributed by atoms with Crippen LogP contribution in [0.1, 0.15) is 32.3 Å². The molecule has 164 valence electrons. The second-order valence-electron chi connectivity index (χ2n) is 7.24. The largest absolute Gasteiger partial charge is 0.497 e. The lowest BCUT2D eigenvalue weighted by Gasteiger charge is -2.24. The Kier molecular flexibility index (Phi) is 9.64. The summed E-state index contributed by atoms with van der Waals surface area (Å²) in [7, 11) is 1.63. The van der Waals surface area contributed by atoms with Crippen molar-refractivity contribution in [1.29, 1.82) is 0 Å². The maximum absolute atomic E-state index is 5.83. The molecule has 0 amide bonds. The van der Waals surface area contributed by atoms with Crippen molar-refractivity contribution in [1.82, 2.24) is 15.6 Å². The second kappa shape index (κ2) is 11.9. The molecule has 1 aromatic carbocycles. The molecule has 0 bridgehead atoms. The van der Waals surface area contributed by atoms with Crippen LogP contribution in [0.15, 0.2) is 47.6 Å². The lowest BCUT2D eigenvalue weighted by atomic mass is 10.0. The number of guanidine groups is 1. The molecule has 1 fully saturated rings. The van der Waals surface area contributed by atoms with E-state index in [-0.39, 0.29) is 29.6 Å². The van der Waals surface area contributed by atoms with Crippen molar-refractivity contribution >= 4 is 29.9 Å². The maximum atomic E-state index is 5.83. The third kappa shape index (κ3) is 7.32. The predicted octanol–water partition coefficient (Wildman–Crippen LogP) is 4.12. The van der Waals surface area contributed by atoms with Gasteiger partial charge in [-0.15, -0.1) is 24.0 Å². The minimum Gasteiger partial charge on any atom is -0.497 e. The summed E-state index contributed by atoms with van der Waals surface area (Å²) in [5, 5.41) is 6.66. The molecule has 0 aliphatic carbocycles. The van der Waals surface area contributed by atoms with Crippen molar-refractivity contribution in [2.24, 2.45) is 4.99 Å². The molecule has 2 heterocycles. The summed E-state index contributed by atoms with van der Waals surface area (Å²) in [4.78, 5) is 9.03. The fraction of sp³-hybridized carbons (Fsp3) is 0.455. The lowest BCUT2D eigenvalue weighted by Crippen LogP contribution is -2.45. The Morgan fingerprint density at radius 3 is 2.73 bits per heavy atom. The van der Waals surface area contributed by atoms with E-state index in [9.17, 15) is 0 Å². The molecular weight excluding hydrogens is 495 g/mol. The van der Waals surface area contributed by atoms with E-state index in [1.54, 1.807) is 13.3 Å². The van der Waals surface area contributed by atoms with Crippen LogP contribution in [0.5, 0.6) is 17.4 Å². The summed E-state index contributed by atoms with van der Waals surface area (Å²) in [5.74, 6) is 2.74. The molecular formula is C22H31IN4O3. The number of ether oxygens (including phenoxy) is 3. The van der Waals surface area contributed by atoms with Crippen LogP contribution in [0.25, 0.3) is 0 Å². The predicted molar refractivity (Wildman–Crippen MR) is 129 cm³/mol. The molecule has 1 atom stereocenters. The van der Waals surface area contributed by atoms with Crippen molar-refractivity contribution in [3.8, 4) is 17.4 Å². The van der Waals surface area contributed by atoms with Gasteiger partial charge in [-0.2, -0.15) is 0 Å². The van der Waals surface area contributed by atoms with Crippen LogP contribution >= 0.6 is 24.0 Å². The van der Waals surface area contributed by atoms with Crippen LogP contribution in [-0.4, -0.2) is 43.4 Å². The number of aromatic nitrogens is 1. The van der Waals surface area contributed by atoms with Gasteiger partial charge in [-0.05, 0) is 44.4 Å². The number of rotatable bonds is 8. The molecule has 2 aromatic rings. The summed E-state index contributed by atoms with van der Waals surface area (Å²) < 4.78 is 16.8. The van der Waals surface area contributed by atoms with E-state index >= 15 is 0 Å². The summed E-state index contributed by atoms with van der Waals surface area (Å²) >= 11 is 0. The normalized spacial score (nSPS) is 18.4. The molecule has 1 aromatic heterocycles. The highest BCUT2D eigenvalue weighted by atomic mass is 127. The highest BCUT2D eigenvalue weighted by Crippen LogP contribution is 2.24. The number of hydrogen-bond acceptors (Lipinski definition) is 5. The molecule has 0 saturated carbocycles. The maximum Gasteiger partial charge on any atom is 0.219 e. The van der Waals surface area contributed by atoms with Gasteiger partial charge in [0.1, 0.15) is 11.5 Å². The van der Waals surface area contributed by atoms with Gasteiger partial charge in [0.15, 0.2) is 5.96 Å². The van der Waals surface area contributed by atoms with Crippen LogP contribution in [0.4, 0.5) is 0 Å². The van der Waals surface area contributed by atoms with Gasteiger partial charge < -0.3 is 24.8 Å². The van der Waals surface area contributed by atoms with E-state index in [1.807, 2.05) is 36.4 Å². The average molecular weight is 526 g/mol. The molecule has 2 N–H and O–H groups in total. The van der Waals surface area contributed by atoms with Gasteiger partial charge in [0, 0.05) is 38.0 Å². The zero-order chi connectivity index (χ0) is 20.5. The number of benzene rings is 1. The van der Waals surface area contributed by atoms with Crippen molar-refractivity contribution in [3.63, 3.8) is 0 Å². The SMILES string of the molecule is CCNC(=NCc1ccc(Oc2cccc(OC)c2)nc1)NCC1(C)CCCO1.I. The van der Waals surface area contributed by atoms with Gasteiger partial charge in [-0.3, -0.25) is 0 Å². The van der Waals surface area contributed by atoms with Crippen LogP contribution in [0, 0.1) is 0 Å². The first-order valence-electron chi connectivity index (χ1n) is 10.0. The molecule has 1 aliphatic heterocycles. The summed E-state index contributed by atoms with van der Waals surface area (Å²) in [6.07, 6.45) is 3.96. The number of halogens is 1. The molecule has 1 aliphatic rings. The van der Waals surface area contributed by atoms with Gasteiger partial charge in [0.05, 0.1) is 19.3 Å². The Morgan fingerprint density at radius 2 is 2.07 bits per heavy atom. The third-order valence-corrected chi connectivity index (χ3v) is 4.76. The van der Waals surface area contributed by atoms with E-state index in [4.69, 9.17) is 14.2 Å². The number of nitrogens with one attached hydrogen (secondary N) is 2. The van der Waals surface area contributed by atoms with E-state index in [1.165, 1.54) is 0 Å². The van der Waals surface area contributed by atoms with Crippen molar-refractivity contribution in [2.45, 2.75) is 38.8 Å². The highest BCUT2D eigenvalue weighted by molar-refractivity contribution is 14.0. The van der Waals surface area contributed by atoms with Crippen molar-refractivity contribution < 1.29 is 14.2 Å². The van der Waals surface area contributed by atoms with E-state index in [2.05, 4.69) is 34.5 Å². The molecule has 3 rings (SSSR count). The highest BCUT2D eigenvalue weighted by Gasteiger charge is 2.29. The topological polar surface area (TPSA) is 77.0 Å². The van der Waals surface area contributed by atoms with E-state index in [0.29, 0.717) is 18.2 Å². The van der Waals surface area contributed by atoms with Crippen LogP contribution in [0.3, 0.4) is 0 Å². The first-order chi connectivity index (χ1) is 14.1. The monoisotopic (exact) mass is 526 g/mol. The molecule has 0 radical (unpaired) electrons. The summed E-state index contributed by atoms with van der Waals surface area (Å²) in [6.45, 7) is 7.10. The minimum absolute atomic E-state index is 0. The quantitative estimate of drug-likeness (QED) is 0.306. The average Bonchev–Trinajstić information content (AvgIpc) is 3.18. The van der Waals surface area contributed by atoms with Crippen molar-refractivity contribution in [2.75, 3.05) is 26.8 Å². The van der Waals surface area contributed by atoms with Crippen LogP contribution < -0.4 is 20.1 Å². The van der Waals surface area contributed by atoms with Crippen molar-refractivity contribution in [3.05, 3.63) is 48.2 Å². The zero-order valence-electron chi connectivity index (χ0n) is 17.8. The zero-order valence-corrected chi connectivity index (χ0v) is 20.1. The lowest BCUT2D eigenvalue weighted by molar-refractivity contribution is 0.0243. The van der Waals surface area contributed by atoms with Gasteiger partial charge in [0.25, 0.3) is 0 Å². The second-order valence-corrected chi connectivity index (χ2v) is 7.24. The minimum atomic E-state index is -0.114. The fourth-order valence-electron chi connectivity index (χ4n) is 3.11. The smallest absolute Gasteiger partial charge is 0.219 e. The third-order valence-electron chi connectivity index (χ3n) is 4.76. The number of aliphatic imine (C=N–C) groups is 1. The number of methoxy groups -OCH3 is 1. The Hall–Kier alpha value is -2.07. The standard InChI is InChI=1S/C22H30N4O3.HI/c1-4-23-21(26-16-22(2)11-6-12-28-22)25-15-17-9-10-20(24-14-17)29-19-8-5-7-18(13-19)27-3;/h5,7-10,13-14H,4,6,11-12,15-16H2,1-3H3,(H2,23,25,26);1H. The Bertz CT molecular complexity index is 808. The van der Waals surface area contributed by atoms with Gasteiger partial charge >= 0.3 is 0 Å². The number of nitrogens with zero attached hydrogens (tertiary/aromatic N) is 2. The Balaban J connectivity index is 0.00000320.